The molecule has 2 aromatic rings. The van der Waals surface area contributed by atoms with Crippen LogP contribution in [0.25, 0.3) is 11.4 Å². The van der Waals surface area contributed by atoms with Gasteiger partial charge in [-0.1, -0.05) is 23.7 Å². The highest BCUT2D eigenvalue weighted by atomic mass is 35.5. The zero-order valence-corrected chi connectivity index (χ0v) is 11.6. The van der Waals surface area contributed by atoms with Gasteiger partial charge in [0.25, 0.3) is 0 Å². The topological polar surface area (TPSA) is 74.2 Å². The van der Waals surface area contributed by atoms with Crippen molar-refractivity contribution in [2.24, 2.45) is 5.73 Å². The molecule has 0 saturated carbocycles. The maximum absolute atomic E-state index is 6.00. The Bertz CT molecular complexity index is 555. The van der Waals surface area contributed by atoms with Gasteiger partial charge in [-0.25, -0.2) is 0 Å². The number of ether oxygens (including phenoxy) is 1. The Hall–Kier alpha value is -1.59. The number of rotatable bonds is 5. The highest BCUT2D eigenvalue weighted by molar-refractivity contribution is 6.30. The summed E-state index contributed by atoms with van der Waals surface area (Å²) in [6.07, 6.45) is 0.916. The molecular weight excluding hydrogens is 266 g/mol. The largest absolute Gasteiger partial charge is 0.493 e. The maximum Gasteiger partial charge on any atom is 0.243 e. The standard InChI is InChI=1S/C13H16ClN3O2/c1-3-6-18-11-5-4-9(14)7-10(11)12-16-13(8(2)15)19-17-12/h4-5,7-8H,3,6,15H2,1-2H3/t8-/m0/s1. The number of nitrogens with zero attached hydrogens (tertiary/aromatic N) is 2. The van der Waals surface area contributed by atoms with Gasteiger partial charge in [0.05, 0.1) is 18.2 Å². The molecule has 102 valence electrons. The summed E-state index contributed by atoms with van der Waals surface area (Å²) in [5.74, 6) is 1.50. The first-order chi connectivity index (χ1) is 9.11. The molecule has 0 radical (unpaired) electrons. The molecule has 1 atom stereocenters. The number of hydrogen-bond acceptors (Lipinski definition) is 5. The molecule has 2 rings (SSSR count). The quantitative estimate of drug-likeness (QED) is 0.911. The molecule has 1 aromatic carbocycles. The van der Waals surface area contributed by atoms with E-state index in [1.807, 2.05) is 6.92 Å². The van der Waals surface area contributed by atoms with Crippen LogP contribution >= 0.6 is 11.6 Å². The van der Waals surface area contributed by atoms with Crippen molar-refractivity contribution in [2.45, 2.75) is 26.3 Å². The third kappa shape index (κ3) is 3.24. The van der Waals surface area contributed by atoms with E-state index in [2.05, 4.69) is 10.1 Å². The summed E-state index contributed by atoms with van der Waals surface area (Å²) in [6, 6.07) is 5.01. The van der Waals surface area contributed by atoms with Gasteiger partial charge in [0.1, 0.15) is 5.75 Å². The van der Waals surface area contributed by atoms with Crippen LogP contribution in [0.5, 0.6) is 5.75 Å². The van der Waals surface area contributed by atoms with Gasteiger partial charge in [-0.05, 0) is 31.5 Å². The van der Waals surface area contributed by atoms with E-state index in [0.717, 1.165) is 6.42 Å². The predicted molar refractivity (Wildman–Crippen MR) is 73.1 cm³/mol. The van der Waals surface area contributed by atoms with Crippen molar-refractivity contribution in [3.8, 4) is 17.1 Å². The van der Waals surface area contributed by atoms with Crippen LogP contribution in [0.4, 0.5) is 0 Å². The number of hydrogen-bond donors (Lipinski definition) is 1. The maximum atomic E-state index is 6.00. The van der Waals surface area contributed by atoms with Crippen molar-refractivity contribution in [1.29, 1.82) is 0 Å². The third-order valence-electron chi connectivity index (χ3n) is 2.48. The molecule has 0 amide bonds. The molecule has 2 N–H and O–H groups in total. The van der Waals surface area contributed by atoms with Crippen molar-refractivity contribution >= 4 is 11.6 Å². The summed E-state index contributed by atoms with van der Waals surface area (Å²) >= 11 is 6.00. The minimum atomic E-state index is -0.305. The average molecular weight is 282 g/mol. The van der Waals surface area contributed by atoms with E-state index in [1.54, 1.807) is 25.1 Å². The zero-order valence-electron chi connectivity index (χ0n) is 10.9. The molecule has 1 aromatic heterocycles. The van der Waals surface area contributed by atoms with Gasteiger partial charge in [0.2, 0.25) is 11.7 Å². The summed E-state index contributed by atoms with van der Waals surface area (Å²) in [4.78, 5) is 4.25. The lowest BCUT2D eigenvalue weighted by Gasteiger charge is -2.08. The van der Waals surface area contributed by atoms with E-state index in [9.17, 15) is 0 Å². The van der Waals surface area contributed by atoms with Crippen LogP contribution < -0.4 is 10.5 Å². The normalized spacial score (nSPS) is 12.4. The van der Waals surface area contributed by atoms with Crippen molar-refractivity contribution < 1.29 is 9.26 Å². The average Bonchev–Trinajstić information content (AvgIpc) is 2.87. The van der Waals surface area contributed by atoms with Crippen LogP contribution in [0.1, 0.15) is 32.2 Å². The number of halogens is 1. The van der Waals surface area contributed by atoms with E-state index < -0.39 is 0 Å². The first-order valence-corrected chi connectivity index (χ1v) is 6.51. The molecule has 0 fully saturated rings. The van der Waals surface area contributed by atoms with Gasteiger partial charge in [-0.2, -0.15) is 4.98 Å². The SMILES string of the molecule is CCCOc1ccc(Cl)cc1-c1noc([C@H](C)N)n1. The zero-order chi connectivity index (χ0) is 13.8. The van der Waals surface area contributed by atoms with E-state index in [-0.39, 0.29) is 6.04 Å². The first kappa shape index (κ1) is 13.8. The number of benzene rings is 1. The predicted octanol–water partition coefficient (Wildman–Crippen LogP) is 3.20. The van der Waals surface area contributed by atoms with Crippen LogP contribution in [-0.2, 0) is 0 Å². The molecule has 6 heteroatoms. The minimum Gasteiger partial charge on any atom is -0.493 e. The molecule has 0 aliphatic carbocycles. The Morgan fingerprint density at radius 2 is 2.26 bits per heavy atom. The van der Waals surface area contributed by atoms with Crippen LogP contribution in [0.15, 0.2) is 22.7 Å². The molecule has 0 spiro atoms. The van der Waals surface area contributed by atoms with Crippen LogP contribution in [0.3, 0.4) is 0 Å². The van der Waals surface area contributed by atoms with Crippen LogP contribution in [0.2, 0.25) is 5.02 Å². The lowest BCUT2D eigenvalue weighted by Crippen LogP contribution is -2.05. The van der Waals surface area contributed by atoms with Crippen LogP contribution in [-0.4, -0.2) is 16.7 Å². The van der Waals surface area contributed by atoms with E-state index in [0.29, 0.717) is 34.7 Å². The summed E-state index contributed by atoms with van der Waals surface area (Å²) < 4.78 is 10.7. The Kier molecular flexibility index (Phi) is 4.39. The van der Waals surface area contributed by atoms with Gasteiger partial charge in [0.15, 0.2) is 0 Å². The molecule has 1 heterocycles. The second kappa shape index (κ2) is 6.04. The third-order valence-corrected chi connectivity index (χ3v) is 2.71. The Morgan fingerprint density at radius 3 is 2.89 bits per heavy atom. The van der Waals surface area contributed by atoms with Gasteiger partial charge >= 0.3 is 0 Å². The highest BCUT2D eigenvalue weighted by Crippen LogP contribution is 2.31. The van der Waals surface area contributed by atoms with Crippen molar-refractivity contribution in [3.63, 3.8) is 0 Å². The van der Waals surface area contributed by atoms with Crippen molar-refractivity contribution in [3.05, 3.63) is 29.1 Å². The summed E-state index contributed by atoms with van der Waals surface area (Å²) in [7, 11) is 0. The van der Waals surface area contributed by atoms with E-state index >= 15 is 0 Å². The fraction of sp³-hybridized carbons (Fsp3) is 0.385. The summed E-state index contributed by atoms with van der Waals surface area (Å²) in [5, 5.41) is 4.50. The molecule has 0 bridgehead atoms. The van der Waals surface area contributed by atoms with Gasteiger partial charge in [0, 0.05) is 5.02 Å². The monoisotopic (exact) mass is 281 g/mol. The smallest absolute Gasteiger partial charge is 0.243 e. The second-order valence-electron chi connectivity index (χ2n) is 4.23. The molecule has 0 unspecified atom stereocenters. The summed E-state index contributed by atoms with van der Waals surface area (Å²) in [6.45, 7) is 4.44. The van der Waals surface area contributed by atoms with Gasteiger partial charge < -0.3 is 15.0 Å². The van der Waals surface area contributed by atoms with Crippen molar-refractivity contribution in [2.75, 3.05) is 6.61 Å². The lowest BCUT2D eigenvalue weighted by atomic mass is 10.2. The van der Waals surface area contributed by atoms with Gasteiger partial charge in [-0.15, -0.1) is 0 Å². The van der Waals surface area contributed by atoms with Crippen LogP contribution in [0, 0.1) is 0 Å². The van der Waals surface area contributed by atoms with Crippen molar-refractivity contribution in [1.82, 2.24) is 10.1 Å². The minimum absolute atomic E-state index is 0.305. The molecule has 5 nitrogen and oxygen atoms in total. The first-order valence-electron chi connectivity index (χ1n) is 6.13. The Labute approximate surface area is 116 Å². The number of nitrogens with two attached hydrogens (primary N) is 1. The van der Waals surface area contributed by atoms with E-state index in [1.165, 1.54) is 0 Å². The summed E-state index contributed by atoms with van der Waals surface area (Å²) in [5.41, 5.74) is 6.40. The fourth-order valence-electron chi connectivity index (χ4n) is 1.54. The highest BCUT2D eigenvalue weighted by Gasteiger charge is 2.16. The molecule has 0 saturated heterocycles. The Balaban J connectivity index is 2.37. The van der Waals surface area contributed by atoms with E-state index in [4.69, 9.17) is 26.6 Å². The molecule has 19 heavy (non-hydrogen) atoms. The fourth-order valence-corrected chi connectivity index (χ4v) is 1.72. The number of aromatic nitrogens is 2. The molecular formula is C13H16ClN3O2. The van der Waals surface area contributed by atoms with Gasteiger partial charge in [-0.3, -0.25) is 0 Å². The molecule has 0 aliphatic heterocycles. The Morgan fingerprint density at radius 1 is 1.47 bits per heavy atom. The lowest BCUT2D eigenvalue weighted by molar-refractivity contribution is 0.318. The second-order valence-corrected chi connectivity index (χ2v) is 4.67. The molecule has 0 aliphatic rings.